The molecule has 1 aliphatic carbocycles. The van der Waals surface area contributed by atoms with Crippen molar-refractivity contribution in [3.05, 3.63) is 36.7 Å². The first-order chi connectivity index (χ1) is 20.4. The van der Waals surface area contributed by atoms with E-state index in [4.69, 9.17) is 24.3 Å². The van der Waals surface area contributed by atoms with Crippen LogP contribution in [0.5, 0.6) is 5.75 Å². The smallest absolute Gasteiger partial charge is 0.459 e. The van der Waals surface area contributed by atoms with Crippen molar-refractivity contribution in [3.8, 4) is 5.75 Å². The van der Waals surface area contributed by atoms with Gasteiger partial charge in [-0.25, -0.2) is 13.9 Å². The topological polar surface area (TPSA) is 205 Å². The van der Waals surface area contributed by atoms with Gasteiger partial charge in [-0.1, -0.05) is 18.2 Å². The lowest BCUT2D eigenvalue weighted by molar-refractivity contribution is -0.149. The quantitative estimate of drug-likeness (QED) is 0.137. The van der Waals surface area contributed by atoms with Crippen molar-refractivity contribution in [2.24, 2.45) is 0 Å². The average molecular weight is 624 g/mol. The number of aliphatic hydroxyl groups is 2. The second-order valence-electron chi connectivity index (χ2n) is 10.8. The van der Waals surface area contributed by atoms with E-state index in [1.54, 1.807) is 32.0 Å². The maximum absolute atomic E-state index is 16.3. The molecule has 6 atom stereocenters. The predicted molar refractivity (Wildman–Crippen MR) is 152 cm³/mol. The molecule has 6 N–H and O–H groups in total. The van der Waals surface area contributed by atoms with Crippen molar-refractivity contribution < 1.29 is 42.5 Å². The van der Waals surface area contributed by atoms with E-state index >= 15 is 4.39 Å². The number of anilines is 2. The van der Waals surface area contributed by atoms with Gasteiger partial charge < -0.3 is 35.3 Å². The number of nitrogens with two attached hydrogens (primary N) is 1. The number of alkyl halides is 1. The predicted octanol–water partition coefficient (Wildman–Crippen LogP) is 2.08. The van der Waals surface area contributed by atoms with Crippen LogP contribution in [-0.4, -0.2) is 85.0 Å². The molecule has 1 unspecified atom stereocenters. The van der Waals surface area contributed by atoms with Gasteiger partial charge in [-0.05, 0) is 45.7 Å². The highest BCUT2D eigenvalue weighted by Gasteiger charge is 2.59. The van der Waals surface area contributed by atoms with E-state index in [0.717, 1.165) is 12.8 Å². The lowest BCUT2D eigenvalue weighted by Crippen LogP contribution is -2.46. The zero-order valence-electron chi connectivity index (χ0n) is 23.8. The molecule has 2 aliphatic rings. The lowest BCUT2D eigenvalue weighted by Gasteiger charge is -2.27. The van der Waals surface area contributed by atoms with Crippen molar-refractivity contribution >= 4 is 36.6 Å². The van der Waals surface area contributed by atoms with E-state index in [0.29, 0.717) is 11.3 Å². The summed E-state index contributed by atoms with van der Waals surface area (Å²) in [6.45, 7) is 2.93. The summed E-state index contributed by atoms with van der Waals surface area (Å²) in [7, 11) is -4.36. The third-order valence-electron chi connectivity index (χ3n) is 6.84. The number of carbonyl (C=O) groups excluding carboxylic acids is 1. The molecule has 5 rings (SSSR count). The number of esters is 1. The number of benzene rings is 1. The second kappa shape index (κ2) is 12.3. The van der Waals surface area contributed by atoms with Crippen LogP contribution in [0.4, 0.5) is 16.2 Å². The van der Waals surface area contributed by atoms with Gasteiger partial charge in [0.15, 0.2) is 23.2 Å². The van der Waals surface area contributed by atoms with Crippen LogP contribution in [-0.2, 0) is 23.4 Å². The zero-order chi connectivity index (χ0) is 30.9. The van der Waals surface area contributed by atoms with E-state index in [-0.39, 0.29) is 23.4 Å². The van der Waals surface area contributed by atoms with Crippen molar-refractivity contribution in [1.29, 1.82) is 0 Å². The number of nitrogens with zero attached hydrogens (tertiary/aromatic N) is 4. The standard InChI is InChI=1S/C26H35FN7O8P/c1-14(2)40-23(37)15(3)33-43(38,42-17-7-5-4-6-8-17)39-11-18-20(36)26(27,12-35)24(41-18)34-13-29-19-21(30-16-9-10-16)31-25(28)32-22(19)34/h4-8,13-16,18,20,24,35-36H,9-12H2,1-3H3,(H,33,38)(H3,28,30,31,32)/t15-,18?,20-,24-,26-,43+/m1/s1. The minimum absolute atomic E-state index is 0.0977. The number of hydrogen-bond donors (Lipinski definition) is 5. The van der Waals surface area contributed by atoms with Gasteiger partial charge in [-0.3, -0.25) is 13.9 Å². The Hall–Kier alpha value is -3.40. The molecule has 1 aromatic carbocycles. The summed E-state index contributed by atoms with van der Waals surface area (Å²) in [5.41, 5.74) is 3.57. The van der Waals surface area contributed by atoms with Crippen LogP contribution < -0.4 is 20.7 Å². The molecule has 15 nitrogen and oxygen atoms in total. The first-order valence-electron chi connectivity index (χ1n) is 13.8. The Balaban J connectivity index is 1.38. The Bertz CT molecular complexity index is 1490. The number of nitrogens with one attached hydrogen (secondary N) is 2. The fourth-order valence-corrected chi connectivity index (χ4v) is 6.04. The summed E-state index contributed by atoms with van der Waals surface area (Å²) in [6.07, 6.45) is -2.30. The Morgan fingerprint density at radius 2 is 2.00 bits per heavy atom. The number of rotatable bonds is 13. The first-order valence-corrected chi connectivity index (χ1v) is 15.3. The number of para-hydroxylation sites is 1. The summed E-state index contributed by atoms with van der Waals surface area (Å²) >= 11 is 0. The summed E-state index contributed by atoms with van der Waals surface area (Å²) in [6, 6.07) is 7.13. The van der Waals surface area contributed by atoms with E-state index in [9.17, 15) is 19.6 Å². The molecule has 3 heterocycles. The second-order valence-corrected chi connectivity index (χ2v) is 12.5. The number of hydrogen-bond acceptors (Lipinski definition) is 13. The maximum atomic E-state index is 16.3. The van der Waals surface area contributed by atoms with Crippen molar-refractivity contribution in [2.45, 2.75) is 75.9 Å². The van der Waals surface area contributed by atoms with Gasteiger partial charge in [-0.15, -0.1) is 0 Å². The van der Waals surface area contributed by atoms with E-state index < -0.39 is 63.2 Å². The van der Waals surface area contributed by atoms with Crippen LogP contribution in [0.25, 0.3) is 11.2 Å². The lowest BCUT2D eigenvalue weighted by atomic mass is 9.97. The summed E-state index contributed by atoms with van der Waals surface area (Å²) in [5.74, 6) is -0.286. The number of aliphatic hydroxyl groups excluding tert-OH is 2. The number of carbonyl (C=O) groups is 1. The largest absolute Gasteiger partial charge is 0.462 e. The van der Waals surface area contributed by atoms with E-state index in [1.165, 1.54) is 30.0 Å². The molecule has 234 valence electrons. The number of nitrogen functional groups attached to an aromatic ring is 1. The molecule has 0 amide bonds. The van der Waals surface area contributed by atoms with Crippen LogP contribution >= 0.6 is 7.75 Å². The minimum Gasteiger partial charge on any atom is -0.462 e. The summed E-state index contributed by atoms with van der Waals surface area (Å²) in [4.78, 5) is 25.1. The molecule has 0 spiro atoms. The molecule has 2 aromatic heterocycles. The zero-order valence-corrected chi connectivity index (χ0v) is 24.7. The van der Waals surface area contributed by atoms with Gasteiger partial charge in [-0.2, -0.15) is 15.1 Å². The van der Waals surface area contributed by atoms with E-state index in [1.807, 2.05) is 0 Å². The molecule has 17 heteroatoms. The highest BCUT2D eigenvalue weighted by atomic mass is 31.2. The Kier molecular flexibility index (Phi) is 8.88. The van der Waals surface area contributed by atoms with E-state index in [2.05, 4.69) is 25.4 Å². The highest BCUT2D eigenvalue weighted by molar-refractivity contribution is 7.52. The SMILES string of the molecule is CC(C)OC(=O)[C@@H](C)N[P@](=O)(OCC1O[C@@H](n2cnc3c(NC4CC4)nc(N)nc32)[C@@](F)(CO)[C@@H]1O)Oc1ccccc1. The number of aromatic nitrogens is 4. The van der Waals surface area contributed by atoms with Crippen molar-refractivity contribution in [3.63, 3.8) is 0 Å². The van der Waals surface area contributed by atoms with Crippen LogP contribution in [0, 0.1) is 0 Å². The number of fused-ring (bicyclic) bond motifs is 1. The molecular weight excluding hydrogens is 588 g/mol. The molecule has 0 radical (unpaired) electrons. The van der Waals surface area contributed by atoms with Gasteiger partial charge >= 0.3 is 13.7 Å². The summed E-state index contributed by atoms with van der Waals surface area (Å²) < 4.78 is 53.5. The maximum Gasteiger partial charge on any atom is 0.459 e. The average Bonchev–Trinajstić information content (AvgIpc) is 3.62. The van der Waals surface area contributed by atoms with Gasteiger partial charge in [0.05, 0.1) is 25.6 Å². The highest BCUT2D eigenvalue weighted by Crippen LogP contribution is 2.48. The van der Waals surface area contributed by atoms with Crippen molar-refractivity contribution in [2.75, 3.05) is 24.3 Å². The Labute approximate surface area is 246 Å². The summed E-state index contributed by atoms with van der Waals surface area (Å²) in [5, 5.41) is 26.8. The van der Waals surface area contributed by atoms with Crippen LogP contribution in [0.3, 0.4) is 0 Å². The monoisotopic (exact) mass is 623 g/mol. The molecule has 2 fully saturated rings. The van der Waals surface area contributed by atoms with Crippen molar-refractivity contribution in [1.82, 2.24) is 24.6 Å². The third-order valence-corrected chi connectivity index (χ3v) is 8.49. The van der Waals surface area contributed by atoms with Gasteiger partial charge in [0.1, 0.15) is 24.0 Å². The number of halogens is 1. The van der Waals surface area contributed by atoms with Crippen LogP contribution in [0.15, 0.2) is 36.7 Å². The fourth-order valence-electron chi connectivity index (χ4n) is 4.54. The fraction of sp³-hybridized carbons (Fsp3) is 0.538. The molecule has 1 saturated carbocycles. The normalized spacial score (nSPS) is 25.9. The Morgan fingerprint density at radius 3 is 2.65 bits per heavy atom. The number of ether oxygens (including phenoxy) is 2. The van der Waals surface area contributed by atoms with Gasteiger partial charge in [0.25, 0.3) is 0 Å². The molecule has 1 saturated heterocycles. The molecule has 43 heavy (non-hydrogen) atoms. The molecule has 1 aliphatic heterocycles. The number of imidazole rings is 1. The van der Waals surface area contributed by atoms with Gasteiger partial charge in [0.2, 0.25) is 11.6 Å². The minimum atomic E-state index is -4.36. The molecule has 0 bridgehead atoms. The third kappa shape index (κ3) is 6.74. The molecular formula is C26H35FN7O8P. The Morgan fingerprint density at radius 1 is 1.28 bits per heavy atom. The first kappa shape index (κ1) is 31.0. The van der Waals surface area contributed by atoms with Crippen LogP contribution in [0.1, 0.15) is 39.8 Å². The van der Waals surface area contributed by atoms with Crippen LogP contribution in [0.2, 0.25) is 0 Å². The van der Waals surface area contributed by atoms with Gasteiger partial charge in [0, 0.05) is 6.04 Å². The molecule has 3 aromatic rings.